The molecule has 0 aliphatic rings. The van der Waals surface area contributed by atoms with Gasteiger partial charge in [-0.15, -0.1) is 0 Å². The Hall–Kier alpha value is -0.610. The standard InChI is InChI=1S/C7H12N2OS/c1-5(8)3-6-4-9-7(10-2)11-6/h4-5H,3,8H2,1-2H3/t5-/m0/s1. The molecular weight excluding hydrogens is 160 g/mol. The third-order valence-electron chi connectivity index (χ3n) is 1.23. The van der Waals surface area contributed by atoms with Crippen molar-refractivity contribution in [1.29, 1.82) is 0 Å². The molecule has 0 radical (unpaired) electrons. The second-order valence-electron chi connectivity index (χ2n) is 2.48. The molecule has 0 aliphatic heterocycles. The largest absolute Gasteiger partial charge is 0.473 e. The normalized spacial score (nSPS) is 13.0. The number of nitrogens with zero attached hydrogens (tertiary/aromatic N) is 1. The van der Waals surface area contributed by atoms with Crippen LogP contribution in [0.4, 0.5) is 0 Å². The van der Waals surface area contributed by atoms with Crippen molar-refractivity contribution >= 4 is 11.3 Å². The topological polar surface area (TPSA) is 48.1 Å². The zero-order chi connectivity index (χ0) is 8.27. The third-order valence-corrected chi connectivity index (χ3v) is 2.21. The van der Waals surface area contributed by atoms with E-state index in [2.05, 4.69) is 4.98 Å². The highest BCUT2D eigenvalue weighted by atomic mass is 32.1. The van der Waals surface area contributed by atoms with E-state index in [9.17, 15) is 0 Å². The highest BCUT2D eigenvalue weighted by Crippen LogP contribution is 2.20. The van der Waals surface area contributed by atoms with E-state index in [4.69, 9.17) is 10.5 Å². The van der Waals surface area contributed by atoms with Crippen LogP contribution >= 0.6 is 11.3 Å². The van der Waals surface area contributed by atoms with Crippen LogP contribution in [0.3, 0.4) is 0 Å². The van der Waals surface area contributed by atoms with Crippen molar-refractivity contribution < 1.29 is 4.74 Å². The van der Waals surface area contributed by atoms with Crippen molar-refractivity contribution in [2.45, 2.75) is 19.4 Å². The van der Waals surface area contributed by atoms with Crippen molar-refractivity contribution in [3.63, 3.8) is 0 Å². The van der Waals surface area contributed by atoms with Crippen molar-refractivity contribution in [2.75, 3.05) is 7.11 Å². The number of nitrogens with two attached hydrogens (primary N) is 1. The van der Waals surface area contributed by atoms with E-state index in [0.717, 1.165) is 6.42 Å². The summed E-state index contributed by atoms with van der Waals surface area (Å²) in [5.74, 6) is 0. The third kappa shape index (κ3) is 2.48. The fourth-order valence-electron chi connectivity index (χ4n) is 0.796. The van der Waals surface area contributed by atoms with Gasteiger partial charge in [0.1, 0.15) is 0 Å². The minimum absolute atomic E-state index is 0.195. The van der Waals surface area contributed by atoms with Crippen LogP contribution in [-0.2, 0) is 6.42 Å². The second kappa shape index (κ2) is 3.69. The van der Waals surface area contributed by atoms with Gasteiger partial charge in [0.15, 0.2) is 0 Å². The van der Waals surface area contributed by atoms with Gasteiger partial charge in [-0.25, -0.2) is 4.98 Å². The van der Waals surface area contributed by atoms with Crippen LogP contribution in [-0.4, -0.2) is 18.1 Å². The predicted molar refractivity (Wildman–Crippen MR) is 46.0 cm³/mol. The second-order valence-corrected chi connectivity index (χ2v) is 3.56. The van der Waals surface area contributed by atoms with E-state index in [1.54, 1.807) is 18.4 Å². The lowest BCUT2D eigenvalue weighted by molar-refractivity contribution is 0.412. The molecule has 1 atom stereocenters. The molecule has 0 saturated carbocycles. The first-order chi connectivity index (χ1) is 5.22. The molecule has 1 aromatic heterocycles. The van der Waals surface area contributed by atoms with Crippen LogP contribution in [0.2, 0.25) is 0 Å². The van der Waals surface area contributed by atoms with E-state index >= 15 is 0 Å². The Bertz CT molecular complexity index is 222. The number of rotatable bonds is 3. The van der Waals surface area contributed by atoms with Gasteiger partial charge in [-0.05, 0) is 13.3 Å². The monoisotopic (exact) mass is 172 g/mol. The Kier molecular flexibility index (Phi) is 2.84. The molecule has 1 aromatic rings. The van der Waals surface area contributed by atoms with Crippen LogP contribution in [0.5, 0.6) is 5.19 Å². The maximum absolute atomic E-state index is 5.61. The number of hydrogen-bond donors (Lipinski definition) is 1. The lowest BCUT2D eigenvalue weighted by Gasteiger charge is -1.98. The van der Waals surface area contributed by atoms with Gasteiger partial charge in [0.05, 0.1) is 7.11 Å². The summed E-state index contributed by atoms with van der Waals surface area (Å²) in [5, 5.41) is 0.709. The van der Waals surface area contributed by atoms with E-state index in [1.807, 2.05) is 13.1 Å². The van der Waals surface area contributed by atoms with Gasteiger partial charge in [-0.2, -0.15) is 0 Å². The van der Waals surface area contributed by atoms with Gasteiger partial charge in [0.2, 0.25) is 0 Å². The molecule has 0 amide bonds. The smallest absolute Gasteiger partial charge is 0.273 e. The Morgan fingerprint density at radius 1 is 1.82 bits per heavy atom. The highest BCUT2D eigenvalue weighted by molar-refractivity contribution is 7.13. The Labute approximate surface area is 70.2 Å². The Morgan fingerprint density at radius 2 is 2.55 bits per heavy atom. The number of thiazole rings is 1. The lowest BCUT2D eigenvalue weighted by atomic mass is 10.2. The highest BCUT2D eigenvalue weighted by Gasteiger charge is 2.03. The summed E-state index contributed by atoms with van der Waals surface area (Å²) >= 11 is 1.55. The lowest BCUT2D eigenvalue weighted by Crippen LogP contribution is -2.16. The molecule has 0 fully saturated rings. The van der Waals surface area contributed by atoms with Gasteiger partial charge in [0, 0.05) is 17.1 Å². The summed E-state index contributed by atoms with van der Waals surface area (Å²) in [6.45, 7) is 1.98. The number of hydrogen-bond acceptors (Lipinski definition) is 4. The molecule has 2 N–H and O–H groups in total. The molecule has 0 bridgehead atoms. The molecule has 0 spiro atoms. The van der Waals surface area contributed by atoms with Crippen LogP contribution in [0.1, 0.15) is 11.8 Å². The molecule has 0 saturated heterocycles. The van der Waals surface area contributed by atoms with Gasteiger partial charge < -0.3 is 10.5 Å². The number of methoxy groups -OCH3 is 1. The summed E-state index contributed by atoms with van der Waals surface area (Å²) in [5.41, 5.74) is 5.61. The van der Waals surface area contributed by atoms with Crippen molar-refractivity contribution in [3.05, 3.63) is 11.1 Å². The zero-order valence-corrected chi connectivity index (χ0v) is 7.52. The van der Waals surface area contributed by atoms with Crippen molar-refractivity contribution in [2.24, 2.45) is 5.73 Å². The van der Waals surface area contributed by atoms with E-state index in [0.29, 0.717) is 5.19 Å². The fraction of sp³-hybridized carbons (Fsp3) is 0.571. The van der Waals surface area contributed by atoms with E-state index < -0.39 is 0 Å². The molecule has 0 unspecified atom stereocenters. The molecule has 3 nitrogen and oxygen atoms in total. The zero-order valence-electron chi connectivity index (χ0n) is 6.70. The summed E-state index contributed by atoms with van der Waals surface area (Å²) in [6.07, 6.45) is 2.69. The van der Waals surface area contributed by atoms with E-state index in [-0.39, 0.29) is 6.04 Å². The van der Waals surface area contributed by atoms with Crippen LogP contribution in [0.25, 0.3) is 0 Å². The molecule has 0 aliphatic carbocycles. The average Bonchev–Trinajstić information content (AvgIpc) is 2.34. The number of ether oxygens (including phenoxy) is 1. The van der Waals surface area contributed by atoms with Gasteiger partial charge >= 0.3 is 0 Å². The van der Waals surface area contributed by atoms with Crippen LogP contribution in [0.15, 0.2) is 6.20 Å². The molecule has 0 aromatic carbocycles. The molecule has 4 heteroatoms. The molecule has 1 heterocycles. The molecule has 62 valence electrons. The first-order valence-electron chi connectivity index (χ1n) is 3.46. The SMILES string of the molecule is COc1ncc(C[C@H](C)N)s1. The summed E-state index contributed by atoms with van der Waals surface area (Å²) in [7, 11) is 1.62. The first-order valence-corrected chi connectivity index (χ1v) is 4.28. The van der Waals surface area contributed by atoms with E-state index in [1.165, 1.54) is 4.88 Å². The summed E-state index contributed by atoms with van der Waals surface area (Å²) < 4.78 is 4.94. The maximum Gasteiger partial charge on any atom is 0.273 e. The van der Waals surface area contributed by atoms with Gasteiger partial charge in [-0.1, -0.05) is 11.3 Å². The average molecular weight is 172 g/mol. The Balaban J connectivity index is 2.58. The van der Waals surface area contributed by atoms with Gasteiger partial charge in [0.25, 0.3) is 5.19 Å². The molecule has 11 heavy (non-hydrogen) atoms. The minimum atomic E-state index is 0.195. The van der Waals surface area contributed by atoms with Crippen molar-refractivity contribution in [3.8, 4) is 5.19 Å². The number of aromatic nitrogens is 1. The first kappa shape index (κ1) is 8.49. The van der Waals surface area contributed by atoms with Crippen LogP contribution in [0, 0.1) is 0 Å². The molecular formula is C7H12N2OS. The molecule has 1 rings (SSSR count). The maximum atomic E-state index is 5.61. The predicted octanol–water partition coefficient (Wildman–Crippen LogP) is 1.04. The van der Waals surface area contributed by atoms with Crippen molar-refractivity contribution in [1.82, 2.24) is 4.98 Å². The minimum Gasteiger partial charge on any atom is -0.473 e. The van der Waals surface area contributed by atoms with Crippen LogP contribution < -0.4 is 10.5 Å². The Morgan fingerprint density at radius 3 is 3.00 bits per heavy atom. The quantitative estimate of drug-likeness (QED) is 0.741. The summed E-state index contributed by atoms with van der Waals surface area (Å²) in [6, 6.07) is 0.195. The fourth-order valence-corrected chi connectivity index (χ4v) is 1.66. The summed E-state index contributed by atoms with van der Waals surface area (Å²) in [4.78, 5) is 5.21. The van der Waals surface area contributed by atoms with Gasteiger partial charge in [-0.3, -0.25) is 0 Å².